The number of urea groups is 1. The summed E-state index contributed by atoms with van der Waals surface area (Å²) in [6, 6.07) is -0.281. The fourth-order valence-electron chi connectivity index (χ4n) is 1.83. The van der Waals surface area contributed by atoms with Crippen molar-refractivity contribution < 1.29 is 9.90 Å². The van der Waals surface area contributed by atoms with E-state index in [4.69, 9.17) is 0 Å². The fourth-order valence-corrected chi connectivity index (χ4v) is 1.83. The first-order valence-corrected chi connectivity index (χ1v) is 6.99. The molecule has 114 valence electrons. The van der Waals surface area contributed by atoms with Crippen LogP contribution in [0.1, 0.15) is 38.4 Å². The van der Waals surface area contributed by atoms with E-state index in [2.05, 4.69) is 15.7 Å². The zero-order valence-electron chi connectivity index (χ0n) is 13.0. The van der Waals surface area contributed by atoms with Crippen molar-refractivity contribution in [2.75, 3.05) is 6.54 Å². The van der Waals surface area contributed by atoms with Gasteiger partial charge in [0.15, 0.2) is 0 Å². The number of carbonyl (C=O) groups excluding carboxylic acids is 1. The zero-order valence-corrected chi connectivity index (χ0v) is 13.0. The van der Waals surface area contributed by atoms with Gasteiger partial charge in [0.2, 0.25) is 0 Å². The van der Waals surface area contributed by atoms with Gasteiger partial charge in [-0.1, -0.05) is 20.3 Å². The first-order chi connectivity index (χ1) is 9.27. The van der Waals surface area contributed by atoms with Gasteiger partial charge in [0.1, 0.15) is 0 Å². The zero-order chi connectivity index (χ0) is 15.3. The van der Waals surface area contributed by atoms with Gasteiger partial charge in [0.05, 0.1) is 11.8 Å². The largest absolute Gasteiger partial charge is 0.388 e. The minimum atomic E-state index is -0.893. The van der Waals surface area contributed by atoms with Crippen molar-refractivity contribution >= 4 is 6.03 Å². The summed E-state index contributed by atoms with van der Waals surface area (Å²) >= 11 is 0. The SMILES string of the molecule is CCC(C)C(C)(O)CNC(=O)NCc1cnn(C)c1C. The lowest BCUT2D eigenvalue weighted by Crippen LogP contribution is -2.47. The quantitative estimate of drug-likeness (QED) is 0.736. The molecular weight excluding hydrogens is 256 g/mol. The molecule has 0 bridgehead atoms. The lowest BCUT2D eigenvalue weighted by atomic mass is 9.89. The maximum atomic E-state index is 11.7. The van der Waals surface area contributed by atoms with Crippen molar-refractivity contribution in [1.82, 2.24) is 20.4 Å². The molecule has 6 heteroatoms. The highest BCUT2D eigenvalue weighted by atomic mass is 16.3. The van der Waals surface area contributed by atoms with Crippen LogP contribution in [0.3, 0.4) is 0 Å². The highest BCUT2D eigenvalue weighted by Gasteiger charge is 2.27. The van der Waals surface area contributed by atoms with E-state index in [1.165, 1.54) is 0 Å². The molecule has 0 aliphatic carbocycles. The van der Waals surface area contributed by atoms with Gasteiger partial charge in [0, 0.05) is 31.4 Å². The Kier molecular flexibility index (Phi) is 5.56. The number of amides is 2. The topological polar surface area (TPSA) is 79.2 Å². The normalized spacial score (nSPS) is 15.5. The highest BCUT2D eigenvalue weighted by Crippen LogP contribution is 2.18. The van der Waals surface area contributed by atoms with Crippen molar-refractivity contribution in [3.8, 4) is 0 Å². The molecule has 0 aliphatic heterocycles. The molecule has 1 aromatic rings. The molecule has 3 N–H and O–H groups in total. The molecule has 1 rings (SSSR count). The number of rotatable bonds is 6. The lowest BCUT2D eigenvalue weighted by Gasteiger charge is -2.29. The molecule has 0 aliphatic rings. The Hall–Kier alpha value is -1.56. The third kappa shape index (κ3) is 4.23. The number of hydrogen-bond acceptors (Lipinski definition) is 3. The van der Waals surface area contributed by atoms with Crippen LogP contribution >= 0.6 is 0 Å². The molecule has 2 unspecified atom stereocenters. The van der Waals surface area contributed by atoms with E-state index in [0.717, 1.165) is 17.7 Å². The summed E-state index contributed by atoms with van der Waals surface area (Å²) < 4.78 is 1.77. The standard InChI is InChI=1S/C14H26N4O2/c1-6-10(2)14(4,20)9-16-13(19)15-7-12-8-17-18(5)11(12)3/h8,10,20H,6-7,9H2,1-5H3,(H2,15,16,19). The second-order valence-corrected chi connectivity index (χ2v) is 5.58. The monoisotopic (exact) mass is 282 g/mol. The van der Waals surface area contributed by atoms with Gasteiger partial charge >= 0.3 is 6.03 Å². The van der Waals surface area contributed by atoms with Crippen LogP contribution in [-0.2, 0) is 13.6 Å². The molecule has 0 saturated heterocycles. The summed E-state index contributed by atoms with van der Waals surface area (Å²) in [5, 5.41) is 19.8. The molecule has 0 saturated carbocycles. The molecule has 6 nitrogen and oxygen atoms in total. The van der Waals surface area contributed by atoms with E-state index < -0.39 is 5.60 Å². The number of hydrogen-bond donors (Lipinski definition) is 3. The van der Waals surface area contributed by atoms with Crippen LogP contribution in [-0.4, -0.2) is 33.1 Å². The molecule has 0 fully saturated rings. The van der Waals surface area contributed by atoms with Crippen molar-refractivity contribution in [1.29, 1.82) is 0 Å². The summed E-state index contributed by atoms with van der Waals surface area (Å²) in [7, 11) is 1.86. The number of aromatic nitrogens is 2. The first-order valence-electron chi connectivity index (χ1n) is 6.99. The van der Waals surface area contributed by atoms with Gasteiger partial charge in [-0.3, -0.25) is 4.68 Å². The van der Waals surface area contributed by atoms with Crippen LogP contribution in [0.2, 0.25) is 0 Å². The summed E-state index contributed by atoms with van der Waals surface area (Å²) in [5.74, 6) is 0.128. The number of aryl methyl sites for hydroxylation is 1. The number of nitrogens with one attached hydrogen (secondary N) is 2. The van der Waals surface area contributed by atoms with E-state index in [-0.39, 0.29) is 18.5 Å². The van der Waals surface area contributed by atoms with Gasteiger partial charge in [-0.05, 0) is 19.8 Å². The first kappa shape index (κ1) is 16.5. The minimum Gasteiger partial charge on any atom is -0.388 e. The van der Waals surface area contributed by atoms with Crippen molar-refractivity contribution in [2.24, 2.45) is 13.0 Å². The minimum absolute atomic E-state index is 0.128. The average Bonchev–Trinajstić information content (AvgIpc) is 2.73. The number of nitrogens with zero attached hydrogens (tertiary/aromatic N) is 2. The van der Waals surface area contributed by atoms with Crippen LogP contribution in [0.25, 0.3) is 0 Å². The van der Waals surface area contributed by atoms with Gasteiger partial charge in [-0.25, -0.2) is 4.79 Å². The van der Waals surface area contributed by atoms with Crippen LogP contribution in [0, 0.1) is 12.8 Å². The molecule has 0 radical (unpaired) electrons. The van der Waals surface area contributed by atoms with Crippen molar-refractivity contribution in [3.05, 3.63) is 17.5 Å². The predicted octanol–water partition coefficient (Wildman–Crippen LogP) is 1.32. The Morgan fingerprint density at radius 2 is 2.20 bits per heavy atom. The van der Waals surface area contributed by atoms with Crippen LogP contribution in [0.5, 0.6) is 0 Å². The summed E-state index contributed by atoms with van der Waals surface area (Å²) in [6.07, 6.45) is 2.61. The molecule has 0 spiro atoms. The van der Waals surface area contributed by atoms with Gasteiger partial charge in [-0.2, -0.15) is 5.10 Å². The second-order valence-electron chi connectivity index (χ2n) is 5.58. The molecule has 2 atom stereocenters. The Balaban J connectivity index is 2.39. The van der Waals surface area contributed by atoms with Gasteiger partial charge in [-0.15, -0.1) is 0 Å². The maximum absolute atomic E-state index is 11.7. The molecule has 20 heavy (non-hydrogen) atoms. The predicted molar refractivity (Wildman–Crippen MR) is 78.3 cm³/mol. The summed E-state index contributed by atoms with van der Waals surface area (Å²) in [5.41, 5.74) is 1.12. The second kappa shape index (κ2) is 6.74. The van der Waals surface area contributed by atoms with E-state index in [0.29, 0.717) is 6.54 Å². The molecular formula is C14H26N4O2. The highest BCUT2D eigenvalue weighted by molar-refractivity contribution is 5.73. The maximum Gasteiger partial charge on any atom is 0.315 e. The Bertz CT molecular complexity index is 454. The average molecular weight is 282 g/mol. The Morgan fingerprint density at radius 3 is 2.70 bits per heavy atom. The van der Waals surface area contributed by atoms with Crippen LogP contribution in [0.15, 0.2) is 6.20 Å². The fraction of sp³-hybridized carbons (Fsp3) is 0.714. The number of carbonyl (C=O) groups is 1. The van der Waals surface area contributed by atoms with E-state index >= 15 is 0 Å². The smallest absolute Gasteiger partial charge is 0.315 e. The number of aliphatic hydroxyl groups is 1. The molecule has 0 aromatic carbocycles. The Labute approximate surface area is 120 Å². The van der Waals surface area contributed by atoms with Crippen molar-refractivity contribution in [3.63, 3.8) is 0 Å². The van der Waals surface area contributed by atoms with E-state index in [9.17, 15) is 9.90 Å². The van der Waals surface area contributed by atoms with Gasteiger partial charge < -0.3 is 15.7 Å². The van der Waals surface area contributed by atoms with E-state index in [1.807, 2.05) is 27.8 Å². The molecule has 1 heterocycles. The summed E-state index contributed by atoms with van der Waals surface area (Å²) in [4.78, 5) is 11.7. The third-order valence-corrected chi connectivity index (χ3v) is 4.06. The lowest BCUT2D eigenvalue weighted by molar-refractivity contribution is 0.00790. The van der Waals surface area contributed by atoms with Gasteiger partial charge in [0.25, 0.3) is 0 Å². The molecule has 2 amide bonds. The Morgan fingerprint density at radius 1 is 1.55 bits per heavy atom. The van der Waals surface area contributed by atoms with Crippen molar-refractivity contribution in [2.45, 2.75) is 46.3 Å². The summed E-state index contributed by atoms with van der Waals surface area (Å²) in [6.45, 7) is 8.35. The molecule has 1 aromatic heterocycles. The third-order valence-electron chi connectivity index (χ3n) is 4.06. The van der Waals surface area contributed by atoms with Crippen LogP contribution < -0.4 is 10.6 Å². The van der Waals surface area contributed by atoms with Crippen LogP contribution in [0.4, 0.5) is 4.79 Å². The van der Waals surface area contributed by atoms with E-state index in [1.54, 1.807) is 17.8 Å².